The Morgan fingerprint density at radius 1 is 0.872 bits per heavy atom. The van der Waals surface area contributed by atoms with Crippen LogP contribution in [-0.2, 0) is 19.2 Å². The van der Waals surface area contributed by atoms with E-state index < -0.39 is 81.7 Å². The van der Waals surface area contributed by atoms with Gasteiger partial charge < -0.3 is 15.3 Å². The molecule has 2 aliphatic heterocycles. The number of hydrogen-bond acceptors (Lipinski definition) is 7. The molecule has 47 heavy (non-hydrogen) atoms. The van der Waals surface area contributed by atoms with E-state index in [1.807, 2.05) is 6.08 Å². The van der Waals surface area contributed by atoms with E-state index in [9.17, 15) is 43.7 Å². The van der Waals surface area contributed by atoms with Gasteiger partial charge in [0.2, 0.25) is 23.6 Å². The molecular formula is C34H25Cl2FN2O8. The second-order valence-corrected chi connectivity index (χ2v) is 13.3. The van der Waals surface area contributed by atoms with Crippen molar-refractivity contribution in [2.75, 3.05) is 9.80 Å². The predicted octanol–water partition coefficient (Wildman–Crippen LogP) is 5.68. The number of allylic oxidation sites excluding steroid dienone is 2. The number of phenolic OH excluding ortho intramolecular Hbond substituents is 1. The highest BCUT2D eigenvalue weighted by atomic mass is 35.5. The van der Waals surface area contributed by atoms with E-state index in [1.54, 1.807) is 13.0 Å². The number of carboxylic acid groups (broad SMARTS) is 1. The lowest BCUT2D eigenvalue weighted by atomic mass is 9.51. The van der Waals surface area contributed by atoms with E-state index in [0.29, 0.717) is 11.1 Å². The summed E-state index contributed by atoms with van der Waals surface area (Å²) in [4.78, 5) is 70.0. The first kappa shape index (κ1) is 30.9. The largest absolute Gasteiger partial charge is 0.508 e. The maximum Gasteiger partial charge on any atom is 0.339 e. The summed E-state index contributed by atoms with van der Waals surface area (Å²) in [5, 5.41) is 29.6. The topological polar surface area (TPSA) is 153 Å². The number of carbonyl (C=O) groups excluding carboxylic acids is 4. The number of carboxylic acids is 1. The van der Waals surface area contributed by atoms with Crippen molar-refractivity contribution < 1.29 is 43.7 Å². The molecule has 2 aliphatic carbocycles. The molecule has 3 aromatic rings. The highest BCUT2D eigenvalue weighted by Gasteiger charge is 2.68. The summed E-state index contributed by atoms with van der Waals surface area (Å²) in [5.41, 5.74) is -0.665. The van der Waals surface area contributed by atoms with Crippen LogP contribution in [0.25, 0.3) is 0 Å². The van der Waals surface area contributed by atoms with E-state index in [2.05, 4.69) is 0 Å². The Kier molecular flexibility index (Phi) is 7.00. The van der Waals surface area contributed by atoms with Crippen LogP contribution in [0.15, 0.2) is 66.2 Å². The number of benzene rings is 3. The Labute approximate surface area is 276 Å². The van der Waals surface area contributed by atoms with Crippen LogP contribution in [0.2, 0.25) is 10.0 Å². The van der Waals surface area contributed by atoms with E-state index in [0.717, 1.165) is 28.0 Å². The number of aromatic hydroxyl groups is 2. The molecule has 2 heterocycles. The normalized spacial score (nSPS) is 28.3. The predicted molar refractivity (Wildman–Crippen MR) is 167 cm³/mol. The Balaban J connectivity index is 1.35. The van der Waals surface area contributed by atoms with Crippen LogP contribution >= 0.6 is 23.2 Å². The molecule has 4 aliphatic rings. The van der Waals surface area contributed by atoms with Crippen molar-refractivity contribution in [3.05, 3.63) is 93.2 Å². The molecule has 0 radical (unpaired) electrons. The monoisotopic (exact) mass is 678 g/mol. The number of halogens is 3. The van der Waals surface area contributed by atoms with Crippen LogP contribution < -0.4 is 9.80 Å². The standard InChI is InChI=1S/C34H25Cl2FN2O8/c1-34-22(30(43)39(33(34)47)14-3-9-25(37)24(36)10-14)13-21-17(28(34)18-6-4-16(40)12-23(18)35)7-8-20-27(21)31(44)38(29(20)42)15-2-5-19(32(45)46)26(41)11-15/h2-7,9-12,20-22,27-28,40-41H,8,13H2,1H3,(H,45,46)/t20-,21+,22-,27-,28+,34+/m0/s1. The zero-order chi connectivity index (χ0) is 33.7. The van der Waals surface area contributed by atoms with Gasteiger partial charge in [0, 0.05) is 17.0 Å². The smallest absolute Gasteiger partial charge is 0.339 e. The number of nitrogens with zero attached hydrogens (tertiary/aromatic N) is 2. The number of aromatic carboxylic acids is 1. The van der Waals surface area contributed by atoms with Crippen molar-refractivity contribution in [1.82, 2.24) is 0 Å². The molecule has 2 saturated heterocycles. The number of amides is 4. The van der Waals surface area contributed by atoms with Crippen molar-refractivity contribution >= 4 is 64.2 Å². The second kappa shape index (κ2) is 10.6. The molecule has 6 atom stereocenters. The summed E-state index contributed by atoms with van der Waals surface area (Å²) in [6, 6.07) is 11.3. The average Bonchev–Trinajstić information content (AvgIpc) is 3.38. The van der Waals surface area contributed by atoms with Gasteiger partial charge in [-0.15, -0.1) is 0 Å². The summed E-state index contributed by atoms with van der Waals surface area (Å²) >= 11 is 12.7. The van der Waals surface area contributed by atoms with Gasteiger partial charge >= 0.3 is 5.97 Å². The van der Waals surface area contributed by atoms with Crippen LogP contribution in [0.3, 0.4) is 0 Å². The minimum atomic E-state index is -1.43. The zero-order valence-corrected chi connectivity index (χ0v) is 26.0. The maximum absolute atomic E-state index is 14.4. The first-order valence-corrected chi connectivity index (χ1v) is 15.5. The molecule has 0 bridgehead atoms. The molecule has 13 heteroatoms. The van der Waals surface area contributed by atoms with Gasteiger partial charge in [0.15, 0.2) is 0 Å². The first-order chi connectivity index (χ1) is 22.2. The molecule has 0 unspecified atom stereocenters. The number of phenols is 2. The zero-order valence-electron chi connectivity index (χ0n) is 24.5. The van der Waals surface area contributed by atoms with Gasteiger partial charge in [0.05, 0.1) is 39.6 Å². The fraction of sp³-hybridized carbons (Fsp3) is 0.265. The first-order valence-electron chi connectivity index (χ1n) is 14.7. The van der Waals surface area contributed by atoms with Crippen molar-refractivity contribution in [2.24, 2.45) is 29.1 Å². The van der Waals surface area contributed by atoms with Gasteiger partial charge in [0.1, 0.15) is 22.9 Å². The van der Waals surface area contributed by atoms with Gasteiger partial charge in [-0.05, 0) is 73.7 Å². The third-order valence-corrected chi connectivity index (χ3v) is 10.8. The van der Waals surface area contributed by atoms with E-state index in [1.165, 1.54) is 30.3 Å². The van der Waals surface area contributed by atoms with E-state index >= 15 is 0 Å². The molecule has 3 aromatic carbocycles. The molecule has 3 fully saturated rings. The summed E-state index contributed by atoms with van der Waals surface area (Å²) in [7, 11) is 0. The van der Waals surface area contributed by atoms with E-state index in [-0.39, 0.29) is 40.0 Å². The molecular weight excluding hydrogens is 654 g/mol. The number of imide groups is 2. The van der Waals surface area contributed by atoms with Crippen molar-refractivity contribution in [3.8, 4) is 11.5 Å². The van der Waals surface area contributed by atoms with Crippen molar-refractivity contribution in [1.29, 1.82) is 0 Å². The third-order valence-electron chi connectivity index (χ3n) is 10.2. The molecule has 0 aromatic heterocycles. The second-order valence-electron chi connectivity index (χ2n) is 12.5. The van der Waals surface area contributed by atoms with Crippen LogP contribution in [0.1, 0.15) is 41.6 Å². The minimum absolute atomic E-state index is 0.00344. The Hall–Kier alpha value is -4.74. The number of fused-ring (bicyclic) bond motifs is 4. The lowest BCUT2D eigenvalue weighted by molar-refractivity contribution is -0.131. The highest BCUT2D eigenvalue weighted by Crippen LogP contribution is 2.64. The average molecular weight is 679 g/mol. The molecule has 10 nitrogen and oxygen atoms in total. The molecule has 1 saturated carbocycles. The fourth-order valence-corrected chi connectivity index (χ4v) is 8.53. The van der Waals surface area contributed by atoms with Crippen LogP contribution in [-0.4, -0.2) is 44.9 Å². The molecule has 0 spiro atoms. The van der Waals surface area contributed by atoms with Crippen LogP contribution in [0.5, 0.6) is 11.5 Å². The van der Waals surface area contributed by atoms with Crippen LogP contribution in [0.4, 0.5) is 15.8 Å². The summed E-state index contributed by atoms with van der Waals surface area (Å²) in [5.74, 6) is -9.43. The van der Waals surface area contributed by atoms with E-state index in [4.69, 9.17) is 23.2 Å². The van der Waals surface area contributed by atoms with Crippen LogP contribution in [0, 0.1) is 34.9 Å². The number of hydrogen-bond donors (Lipinski definition) is 3. The number of anilines is 2. The minimum Gasteiger partial charge on any atom is -0.508 e. The lowest BCUT2D eigenvalue weighted by Crippen LogP contribution is -2.49. The van der Waals surface area contributed by atoms with Gasteiger partial charge in [0.25, 0.3) is 0 Å². The molecule has 7 rings (SSSR count). The summed E-state index contributed by atoms with van der Waals surface area (Å²) < 4.78 is 14.1. The summed E-state index contributed by atoms with van der Waals surface area (Å²) in [6.07, 6.45) is 1.97. The number of carbonyl (C=O) groups is 5. The molecule has 240 valence electrons. The Morgan fingerprint density at radius 2 is 1.57 bits per heavy atom. The Morgan fingerprint density at radius 3 is 2.23 bits per heavy atom. The maximum atomic E-state index is 14.4. The lowest BCUT2D eigenvalue weighted by Gasteiger charge is -2.49. The SMILES string of the molecule is C[C@@]12C(=O)N(c3ccc(F)c(Cl)c3)C(=O)[C@@H]1C[C@@H]1C(=CC[C@@H]3C(=O)N(c4ccc(C(=O)O)c(O)c4)C(=O)[C@@H]31)[C@@H]2c1ccc(O)cc1Cl. The van der Waals surface area contributed by atoms with Gasteiger partial charge in [-0.1, -0.05) is 40.9 Å². The molecule has 4 amide bonds. The van der Waals surface area contributed by atoms with Gasteiger partial charge in [-0.2, -0.15) is 0 Å². The highest BCUT2D eigenvalue weighted by molar-refractivity contribution is 6.32. The fourth-order valence-electron chi connectivity index (χ4n) is 8.07. The Bertz CT molecular complexity index is 2000. The van der Waals surface area contributed by atoms with Gasteiger partial charge in [-0.3, -0.25) is 19.2 Å². The number of rotatable bonds is 4. The van der Waals surface area contributed by atoms with Crippen molar-refractivity contribution in [2.45, 2.75) is 25.7 Å². The third kappa shape index (κ3) is 4.33. The quantitative estimate of drug-likeness (QED) is 0.236. The summed E-state index contributed by atoms with van der Waals surface area (Å²) in [6.45, 7) is 1.65. The van der Waals surface area contributed by atoms with Crippen molar-refractivity contribution in [3.63, 3.8) is 0 Å². The molecule has 3 N–H and O–H groups in total. The van der Waals surface area contributed by atoms with Gasteiger partial charge in [-0.25, -0.2) is 19.0 Å².